The van der Waals surface area contributed by atoms with Gasteiger partial charge in [0, 0.05) is 18.7 Å². The normalized spacial score (nSPS) is 14.0. The monoisotopic (exact) mass is 434 g/mol. The van der Waals surface area contributed by atoms with Gasteiger partial charge >= 0.3 is 0 Å². The van der Waals surface area contributed by atoms with Crippen LogP contribution in [0.4, 0.5) is 11.6 Å². The fourth-order valence-corrected chi connectivity index (χ4v) is 3.70. The molecule has 1 aliphatic rings. The summed E-state index contributed by atoms with van der Waals surface area (Å²) in [6.45, 7) is 2.80. The number of aromatic nitrogens is 4. The number of rotatable bonds is 4. The maximum atomic E-state index is 12.9. The Bertz CT molecular complexity index is 1250. The third kappa shape index (κ3) is 3.95. The zero-order chi connectivity index (χ0) is 21.2. The molecular weight excluding hydrogens is 416 g/mol. The number of hydrogen-bond donors (Lipinski definition) is 1. The number of fused-ring (bicyclic) bond motifs is 1. The lowest BCUT2D eigenvalue weighted by molar-refractivity contribution is 0.102. The summed E-state index contributed by atoms with van der Waals surface area (Å²) in [6.07, 6.45) is 1.57. The van der Waals surface area contributed by atoms with Crippen LogP contribution in [0.15, 0.2) is 60.8 Å². The maximum absolute atomic E-state index is 12.9. The molecule has 1 aliphatic heterocycles. The molecule has 9 heteroatoms. The van der Waals surface area contributed by atoms with Crippen LogP contribution in [-0.2, 0) is 4.74 Å². The number of nitrogens with one attached hydrogen (secondary N) is 1. The van der Waals surface area contributed by atoms with Crippen molar-refractivity contribution in [2.45, 2.75) is 0 Å². The van der Waals surface area contributed by atoms with Gasteiger partial charge in [0.05, 0.1) is 30.1 Å². The van der Waals surface area contributed by atoms with E-state index in [1.165, 1.54) is 0 Å². The van der Waals surface area contributed by atoms with E-state index in [1.807, 2.05) is 48.5 Å². The van der Waals surface area contributed by atoms with E-state index in [1.54, 1.807) is 16.8 Å². The quantitative estimate of drug-likeness (QED) is 0.529. The van der Waals surface area contributed by atoms with Crippen LogP contribution in [0.25, 0.3) is 16.9 Å². The van der Waals surface area contributed by atoms with Crippen molar-refractivity contribution in [3.8, 4) is 11.3 Å². The third-order valence-corrected chi connectivity index (χ3v) is 5.39. The molecule has 0 aliphatic carbocycles. The fourth-order valence-electron chi connectivity index (χ4n) is 3.47. The molecule has 3 aromatic heterocycles. The van der Waals surface area contributed by atoms with E-state index < -0.39 is 0 Å². The van der Waals surface area contributed by atoms with Gasteiger partial charge in [-0.1, -0.05) is 35.9 Å². The highest BCUT2D eigenvalue weighted by Gasteiger charge is 2.17. The minimum absolute atomic E-state index is 0.321. The van der Waals surface area contributed by atoms with E-state index in [0.29, 0.717) is 41.1 Å². The van der Waals surface area contributed by atoms with Gasteiger partial charge in [0.2, 0.25) is 0 Å². The lowest BCUT2D eigenvalue weighted by Gasteiger charge is -2.27. The number of pyridine rings is 1. The minimum Gasteiger partial charge on any atom is -0.378 e. The van der Waals surface area contributed by atoms with Crippen LogP contribution in [0.1, 0.15) is 10.5 Å². The standard InChI is InChI=1S/C22H19ClN6O2/c23-16-5-2-1-4-15(16)17-8-9-19-24-14-21(29(19)27-17)26-22(30)18-6-3-7-20(25-18)28-10-12-31-13-11-28/h1-9,14H,10-13H2,(H,26,30). The number of carbonyl (C=O) groups is 1. The lowest BCUT2D eigenvalue weighted by atomic mass is 10.1. The van der Waals surface area contributed by atoms with Crippen LogP contribution in [-0.4, -0.2) is 51.8 Å². The average molecular weight is 435 g/mol. The number of imidazole rings is 1. The second-order valence-electron chi connectivity index (χ2n) is 7.05. The number of nitrogens with zero attached hydrogens (tertiary/aromatic N) is 5. The van der Waals surface area contributed by atoms with Crippen LogP contribution < -0.4 is 10.2 Å². The van der Waals surface area contributed by atoms with Crippen LogP contribution in [0.3, 0.4) is 0 Å². The Morgan fingerprint density at radius 2 is 1.87 bits per heavy atom. The number of morpholine rings is 1. The summed E-state index contributed by atoms with van der Waals surface area (Å²) in [4.78, 5) is 23.8. The first-order valence-corrected chi connectivity index (χ1v) is 10.3. The fraction of sp³-hybridized carbons (Fsp3) is 0.182. The summed E-state index contributed by atoms with van der Waals surface area (Å²) in [5.74, 6) is 0.877. The third-order valence-electron chi connectivity index (χ3n) is 5.06. The smallest absolute Gasteiger partial charge is 0.275 e. The summed E-state index contributed by atoms with van der Waals surface area (Å²) in [5, 5.41) is 8.08. The SMILES string of the molecule is O=C(Nc1cnc2ccc(-c3ccccc3Cl)nn12)c1cccc(N2CCOCC2)n1. The van der Waals surface area contributed by atoms with Crippen molar-refractivity contribution in [3.63, 3.8) is 0 Å². The van der Waals surface area contributed by atoms with Gasteiger partial charge in [-0.2, -0.15) is 9.61 Å². The highest BCUT2D eigenvalue weighted by Crippen LogP contribution is 2.26. The van der Waals surface area contributed by atoms with Crippen LogP contribution in [0, 0.1) is 0 Å². The molecule has 1 amide bonds. The van der Waals surface area contributed by atoms with Crippen LogP contribution >= 0.6 is 11.6 Å². The lowest BCUT2D eigenvalue weighted by Crippen LogP contribution is -2.37. The molecule has 0 radical (unpaired) electrons. The molecule has 4 aromatic rings. The van der Waals surface area contributed by atoms with Crippen molar-refractivity contribution in [2.75, 3.05) is 36.5 Å². The predicted molar refractivity (Wildman–Crippen MR) is 119 cm³/mol. The van der Waals surface area contributed by atoms with E-state index in [4.69, 9.17) is 16.3 Å². The van der Waals surface area contributed by atoms with Gasteiger partial charge in [0.15, 0.2) is 11.5 Å². The van der Waals surface area contributed by atoms with Gasteiger partial charge < -0.3 is 15.0 Å². The van der Waals surface area contributed by atoms with Crippen molar-refractivity contribution in [1.29, 1.82) is 0 Å². The number of benzene rings is 1. The van der Waals surface area contributed by atoms with Crippen LogP contribution in [0.5, 0.6) is 0 Å². The Morgan fingerprint density at radius 1 is 1.03 bits per heavy atom. The molecule has 1 saturated heterocycles. The Balaban J connectivity index is 1.42. The minimum atomic E-state index is -0.332. The number of ether oxygens (including phenoxy) is 1. The zero-order valence-electron chi connectivity index (χ0n) is 16.5. The Hall–Kier alpha value is -3.49. The number of halogens is 1. The first-order chi connectivity index (χ1) is 15.2. The van der Waals surface area contributed by atoms with Crippen molar-refractivity contribution in [1.82, 2.24) is 19.6 Å². The number of carbonyl (C=O) groups excluding carboxylic acids is 1. The summed E-state index contributed by atoms with van der Waals surface area (Å²) < 4.78 is 6.97. The van der Waals surface area contributed by atoms with E-state index >= 15 is 0 Å². The van der Waals surface area contributed by atoms with Crippen LogP contribution in [0.2, 0.25) is 5.02 Å². The van der Waals surface area contributed by atoms with E-state index in [9.17, 15) is 4.79 Å². The van der Waals surface area contributed by atoms with Gasteiger partial charge in [-0.15, -0.1) is 0 Å². The predicted octanol–water partition coefficient (Wildman–Crippen LogP) is 3.53. The molecule has 156 valence electrons. The number of anilines is 2. The topological polar surface area (TPSA) is 84.7 Å². The van der Waals surface area contributed by atoms with Gasteiger partial charge in [0.25, 0.3) is 5.91 Å². The van der Waals surface area contributed by atoms with Crippen molar-refractivity contribution < 1.29 is 9.53 Å². The molecule has 0 unspecified atom stereocenters. The van der Waals surface area contributed by atoms with E-state index in [0.717, 1.165) is 24.5 Å². The summed E-state index contributed by atoms with van der Waals surface area (Å²) in [7, 11) is 0. The molecule has 0 atom stereocenters. The van der Waals surface area contributed by atoms with Gasteiger partial charge in [-0.25, -0.2) is 9.97 Å². The van der Waals surface area contributed by atoms with Gasteiger partial charge in [-0.3, -0.25) is 4.79 Å². The largest absolute Gasteiger partial charge is 0.378 e. The molecule has 31 heavy (non-hydrogen) atoms. The van der Waals surface area contributed by atoms with Crippen molar-refractivity contribution in [3.05, 3.63) is 71.5 Å². The summed E-state index contributed by atoms with van der Waals surface area (Å²) in [6, 6.07) is 16.6. The molecule has 0 bridgehead atoms. The van der Waals surface area contributed by atoms with E-state index in [2.05, 4.69) is 25.3 Å². The summed E-state index contributed by atoms with van der Waals surface area (Å²) >= 11 is 6.31. The van der Waals surface area contributed by atoms with Crippen molar-refractivity contribution >= 4 is 34.8 Å². The summed E-state index contributed by atoms with van der Waals surface area (Å²) in [5.41, 5.74) is 2.42. The average Bonchev–Trinajstić information content (AvgIpc) is 3.22. The number of amides is 1. The first-order valence-electron chi connectivity index (χ1n) is 9.90. The Labute approximate surface area is 183 Å². The number of hydrogen-bond acceptors (Lipinski definition) is 6. The maximum Gasteiger partial charge on any atom is 0.275 e. The zero-order valence-corrected chi connectivity index (χ0v) is 17.3. The second kappa shape index (κ2) is 8.33. The molecule has 1 aromatic carbocycles. The van der Waals surface area contributed by atoms with Crippen molar-refractivity contribution in [2.24, 2.45) is 0 Å². The molecule has 0 spiro atoms. The molecule has 4 heterocycles. The molecular formula is C22H19ClN6O2. The highest BCUT2D eigenvalue weighted by molar-refractivity contribution is 6.33. The molecule has 5 rings (SSSR count). The van der Waals surface area contributed by atoms with Gasteiger partial charge in [0.1, 0.15) is 11.5 Å². The Morgan fingerprint density at radius 3 is 2.71 bits per heavy atom. The van der Waals surface area contributed by atoms with Gasteiger partial charge in [-0.05, 0) is 30.3 Å². The highest BCUT2D eigenvalue weighted by atomic mass is 35.5. The first kappa shape index (κ1) is 19.5. The second-order valence-corrected chi connectivity index (χ2v) is 7.45. The molecule has 0 saturated carbocycles. The Kier molecular flexibility index (Phi) is 5.23. The molecule has 1 fully saturated rings. The molecule has 8 nitrogen and oxygen atoms in total. The molecule has 1 N–H and O–H groups in total. The van der Waals surface area contributed by atoms with E-state index in [-0.39, 0.29) is 5.91 Å².